The first kappa shape index (κ1) is 19.3. The Morgan fingerprint density at radius 2 is 1.44 bits per heavy atom. The van der Waals surface area contributed by atoms with Gasteiger partial charge in [0, 0.05) is 5.69 Å². The number of hydrogen-bond acceptors (Lipinski definition) is 2. The molecule has 0 fully saturated rings. The van der Waals surface area contributed by atoms with Crippen molar-refractivity contribution in [2.75, 3.05) is 10.6 Å². The van der Waals surface area contributed by atoms with Crippen LogP contribution in [0.2, 0.25) is 10.0 Å². The molecule has 0 aliphatic carbocycles. The smallest absolute Gasteiger partial charge is 0.233 e. The number of nitrogens with one attached hydrogen (secondary N) is 2. The van der Waals surface area contributed by atoms with Crippen molar-refractivity contribution < 1.29 is 9.59 Å². The Morgan fingerprint density at radius 3 is 2.08 bits per heavy atom. The van der Waals surface area contributed by atoms with Gasteiger partial charge in [-0.25, -0.2) is 0 Å². The summed E-state index contributed by atoms with van der Waals surface area (Å²) in [6.45, 7) is 6.18. The van der Waals surface area contributed by atoms with Crippen LogP contribution in [0.15, 0.2) is 42.5 Å². The van der Waals surface area contributed by atoms with Gasteiger partial charge >= 0.3 is 0 Å². The van der Waals surface area contributed by atoms with Crippen LogP contribution < -0.4 is 10.6 Å². The number of benzene rings is 2. The molecule has 25 heavy (non-hydrogen) atoms. The Morgan fingerprint density at radius 1 is 0.880 bits per heavy atom. The largest absolute Gasteiger partial charge is 0.325 e. The molecule has 2 aromatic carbocycles. The summed E-state index contributed by atoms with van der Waals surface area (Å²) in [5, 5.41) is 5.98. The molecule has 2 aromatic rings. The van der Waals surface area contributed by atoms with Gasteiger partial charge in [-0.2, -0.15) is 0 Å². The summed E-state index contributed by atoms with van der Waals surface area (Å²) >= 11 is 11.9. The van der Waals surface area contributed by atoms with Crippen LogP contribution in [0.3, 0.4) is 0 Å². The average Bonchev–Trinajstić information content (AvgIpc) is 2.51. The van der Waals surface area contributed by atoms with E-state index in [1.165, 1.54) is 0 Å². The summed E-state index contributed by atoms with van der Waals surface area (Å²) in [7, 11) is 0. The minimum absolute atomic E-state index is 0.125. The number of para-hydroxylation sites is 1. The molecule has 6 heteroatoms. The topological polar surface area (TPSA) is 58.2 Å². The van der Waals surface area contributed by atoms with Gasteiger partial charge in [-0.3, -0.25) is 9.59 Å². The van der Waals surface area contributed by atoms with Crippen LogP contribution >= 0.6 is 23.2 Å². The second kappa shape index (κ2) is 7.89. The van der Waals surface area contributed by atoms with E-state index in [0.717, 1.165) is 5.56 Å². The first-order chi connectivity index (χ1) is 11.7. The van der Waals surface area contributed by atoms with Gasteiger partial charge in [0.15, 0.2) is 0 Å². The maximum absolute atomic E-state index is 12.2. The Kier molecular flexibility index (Phi) is 6.09. The second-order valence-corrected chi connectivity index (χ2v) is 7.46. The van der Waals surface area contributed by atoms with Crippen LogP contribution in [-0.4, -0.2) is 11.8 Å². The maximum Gasteiger partial charge on any atom is 0.233 e. The van der Waals surface area contributed by atoms with Crippen LogP contribution in [0.5, 0.6) is 0 Å². The third kappa shape index (κ3) is 5.21. The van der Waals surface area contributed by atoms with Crippen molar-refractivity contribution in [3.05, 3.63) is 58.1 Å². The molecule has 0 aromatic heterocycles. The van der Waals surface area contributed by atoms with Crippen LogP contribution in [0.4, 0.5) is 11.4 Å². The van der Waals surface area contributed by atoms with Crippen LogP contribution in [0.1, 0.15) is 32.8 Å². The molecule has 0 saturated carbocycles. The predicted octanol–water partition coefficient (Wildman–Crippen LogP) is 5.26. The van der Waals surface area contributed by atoms with Gasteiger partial charge in [-0.1, -0.05) is 68.2 Å². The van der Waals surface area contributed by atoms with E-state index in [1.54, 1.807) is 18.2 Å². The van der Waals surface area contributed by atoms with Crippen LogP contribution in [0.25, 0.3) is 0 Å². The predicted molar refractivity (Wildman–Crippen MR) is 103 cm³/mol. The molecule has 0 atom stereocenters. The lowest BCUT2D eigenvalue weighted by Crippen LogP contribution is -2.23. The van der Waals surface area contributed by atoms with Gasteiger partial charge < -0.3 is 10.6 Å². The molecular weight excluding hydrogens is 359 g/mol. The zero-order chi connectivity index (χ0) is 18.6. The quantitative estimate of drug-likeness (QED) is 0.712. The van der Waals surface area contributed by atoms with E-state index < -0.39 is 11.8 Å². The number of rotatable bonds is 4. The van der Waals surface area contributed by atoms with Gasteiger partial charge in [0.05, 0.1) is 15.7 Å². The Balaban J connectivity index is 2.04. The summed E-state index contributed by atoms with van der Waals surface area (Å²) < 4.78 is 0. The van der Waals surface area contributed by atoms with Gasteiger partial charge in [0.25, 0.3) is 0 Å². The van der Waals surface area contributed by atoms with Gasteiger partial charge in [-0.15, -0.1) is 0 Å². The standard InChI is InChI=1S/C19H20Cl2N2O2/c1-19(2,3)12-7-4-5-9-14(12)22-16(24)11-17(25)23-15-10-6-8-13(20)18(15)21/h4-10H,11H2,1-3H3,(H,22,24)(H,23,25). The minimum atomic E-state index is -0.463. The first-order valence-electron chi connectivity index (χ1n) is 7.81. The van der Waals surface area contributed by atoms with Crippen molar-refractivity contribution in [2.24, 2.45) is 0 Å². The highest BCUT2D eigenvalue weighted by Gasteiger charge is 2.19. The van der Waals surface area contributed by atoms with Crippen LogP contribution in [0, 0.1) is 0 Å². The summed E-state index contributed by atoms with van der Waals surface area (Å²) in [6.07, 6.45) is -0.318. The molecular formula is C19H20Cl2N2O2. The number of amides is 2. The molecule has 132 valence electrons. The Bertz CT molecular complexity index is 798. The normalized spacial score (nSPS) is 11.1. The van der Waals surface area contributed by atoms with Crippen molar-refractivity contribution in [1.29, 1.82) is 0 Å². The third-order valence-corrected chi connectivity index (χ3v) is 4.37. The molecule has 2 amide bonds. The van der Waals surface area contributed by atoms with E-state index in [2.05, 4.69) is 31.4 Å². The van der Waals surface area contributed by atoms with Crippen molar-refractivity contribution in [2.45, 2.75) is 32.6 Å². The molecule has 0 aliphatic heterocycles. The summed E-state index contributed by atoms with van der Waals surface area (Å²) in [6, 6.07) is 12.5. The highest BCUT2D eigenvalue weighted by molar-refractivity contribution is 6.44. The molecule has 2 rings (SSSR count). The summed E-state index contributed by atoms with van der Waals surface area (Å²) in [5.41, 5.74) is 1.96. The third-order valence-electron chi connectivity index (χ3n) is 3.56. The van der Waals surface area contributed by atoms with E-state index in [0.29, 0.717) is 16.4 Å². The summed E-state index contributed by atoms with van der Waals surface area (Å²) in [5.74, 6) is -0.859. The van der Waals surface area contributed by atoms with Crippen molar-refractivity contribution >= 4 is 46.4 Å². The van der Waals surface area contributed by atoms with E-state index in [9.17, 15) is 9.59 Å². The van der Waals surface area contributed by atoms with Crippen LogP contribution in [-0.2, 0) is 15.0 Å². The molecule has 0 saturated heterocycles. The van der Waals surface area contributed by atoms with Gasteiger partial charge in [0.2, 0.25) is 11.8 Å². The minimum Gasteiger partial charge on any atom is -0.325 e. The number of halogens is 2. The highest BCUT2D eigenvalue weighted by atomic mass is 35.5. The molecule has 0 heterocycles. The zero-order valence-electron chi connectivity index (χ0n) is 14.3. The molecule has 0 radical (unpaired) electrons. The zero-order valence-corrected chi connectivity index (χ0v) is 15.8. The second-order valence-electron chi connectivity index (χ2n) is 6.67. The average molecular weight is 379 g/mol. The van der Waals surface area contributed by atoms with Crippen molar-refractivity contribution in [3.63, 3.8) is 0 Å². The lowest BCUT2D eigenvalue weighted by molar-refractivity contribution is -0.123. The number of anilines is 2. The van der Waals surface area contributed by atoms with Crippen molar-refractivity contribution in [1.82, 2.24) is 0 Å². The SMILES string of the molecule is CC(C)(C)c1ccccc1NC(=O)CC(=O)Nc1cccc(Cl)c1Cl. The van der Waals surface area contributed by atoms with E-state index in [1.807, 2.05) is 24.3 Å². The van der Waals surface area contributed by atoms with E-state index >= 15 is 0 Å². The highest BCUT2D eigenvalue weighted by Crippen LogP contribution is 2.30. The van der Waals surface area contributed by atoms with E-state index in [-0.39, 0.29) is 16.9 Å². The Hall–Kier alpha value is -2.04. The maximum atomic E-state index is 12.2. The van der Waals surface area contributed by atoms with Gasteiger partial charge in [0.1, 0.15) is 6.42 Å². The Labute approximate surface area is 157 Å². The fraction of sp³-hybridized carbons (Fsp3) is 0.263. The number of carbonyl (C=O) groups is 2. The van der Waals surface area contributed by atoms with Gasteiger partial charge in [-0.05, 0) is 29.2 Å². The molecule has 0 unspecified atom stereocenters. The molecule has 2 N–H and O–H groups in total. The summed E-state index contributed by atoms with van der Waals surface area (Å²) in [4.78, 5) is 24.3. The monoisotopic (exact) mass is 378 g/mol. The lowest BCUT2D eigenvalue weighted by atomic mass is 9.86. The first-order valence-corrected chi connectivity index (χ1v) is 8.57. The van der Waals surface area contributed by atoms with E-state index in [4.69, 9.17) is 23.2 Å². The van der Waals surface area contributed by atoms with Crippen molar-refractivity contribution in [3.8, 4) is 0 Å². The fourth-order valence-corrected chi connectivity index (χ4v) is 2.73. The molecule has 4 nitrogen and oxygen atoms in total. The number of carbonyl (C=O) groups excluding carboxylic acids is 2. The fourth-order valence-electron chi connectivity index (χ4n) is 2.38. The molecule has 0 aliphatic rings. The lowest BCUT2D eigenvalue weighted by Gasteiger charge is -2.23. The molecule has 0 spiro atoms. The number of hydrogen-bond donors (Lipinski definition) is 2. The molecule has 0 bridgehead atoms.